The van der Waals surface area contributed by atoms with Gasteiger partial charge in [0.15, 0.2) is 6.29 Å². The van der Waals surface area contributed by atoms with Gasteiger partial charge in [-0.15, -0.1) is 0 Å². The molecule has 1 aromatic carbocycles. The molecule has 0 amide bonds. The summed E-state index contributed by atoms with van der Waals surface area (Å²) in [6, 6.07) is 15.9. The Balaban J connectivity index is 2.28. The third-order valence-electron chi connectivity index (χ3n) is 2.99. The lowest BCUT2D eigenvalue weighted by molar-refractivity contribution is 0.111. The minimum Gasteiger partial charge on any atom is -0.314 e. The molecule has 2 nitrogen and oxygen atoms in total. The molecule has 0 atom stereocenters. The van der Waals surface area contributed by atoms with Gasteiger partial charge in [0, 0.05) is 21.7 Å². The van der Waals surface area contributed by atoms with E-state index in [4.69, 9.17) is 0 Å². The summed E-state index contributed by atoms with van der Waals surface area (Å²) in [5.41, 5.74) is 3.72. The Morgan fingerprint density at radius 1 is 1.06 bits per heavy atom. The second kappa shape index (κ2) is 4.42. The van der Waals surface area contributed by atoms with E-state index in [9.17, 15) is 4.79 Å². The molecule has 0 aliphatic rings. The number of aldehydes is 1. The first kappa shape index (κ1) is 11.2. The highest BCUT2D eigenvalue weighted by molar-refractivity contribution is 9.10. The van der Waals surface area contributed by atoms with Gasteiger partial charge in [-0.25, -0.2) is 0 Å². The Kier molecular flexibility index (Phi) is 2.76. The summed E-state index contributed by atoms with van der Waals surface area (Å²) in [5, 5.41) is 0. The maximum Gasteiger partial charge on any atom is 0.167 e. The summed E-state index contributed by atoms with van der Waals surface area (Å²) in [6.07, 6.45) is 2.81. The fourth-order valence-corrected chi connectivity index (χ4v) is 2.39. The molecule has 0 spiro atoms. The maximum absolute atomic E-state index is 11.3. The number of benzene rings is 1. The zero-order chi connectivity index (χ0) is 12.5. The monoisotopic (exact) mass is 299 g/mol. The van der Waals surface area contributed by atoms with Crippen LogP contribution in [0.3, 0.4) is 0 Å². The van der Waals surface area contributed by atoms with Crippen LogP contribution in [0.2, 0.25) is 0 Å². The Morgan fingerprint density at radius 2 is 1.83 bits per heavy atom. The van der Waals surface area contributed by atoms with Crippen LogP contribution >= 0.6 is 15.9 Å². The summed E-state index contributed by atoms with van der Waals surface area (Å²) in [4.78, 5) is 11.3. The molecule has 0 radical (unpaired) electrons. The second-order valence-electron chi connectivity index (χ2n) is 4.06. The van der Waals surface area contributed by atoms with E-state index in [-0.39, 0.29) is 0 Å². The van der Waals surface area contributed by atoms with E-state index < -0.39 is 0 Å². The Hall–Kier alpha value is -1.87. The number of nitrogens with zero attached hydrogens (tertiary/aromatic N) is 1. The second-order valence-corrected chi connectivity index (χ2v) is 4.98. The lowest BCUT2D eigenvalue weighted by Crippen LogP contribution is -1.91. The number of carbonyl (C=O) groups excluding carboxylic acids is 1. The van der Waals surface area contributed by atoms with Crippen molar-refractivity contribution in [3.8, 4) is 11.1 Å². The molecule has 2 aromatic heterocycles. The minimum absolute atomic E-state index is 0.688. The van der Waals surface area contributed by atoms with Crippen molar-refractivity contribution in [1.82, 2.24) is 4.40 Å². The molecule has 18 heavy (non-hydrogen) atoms. The van der Waals surface area contributed by atoms with Crippen molar-refractivity contribution in [2.24, 2.45) is 0 Å². The molecule has 2 heterocycles. The van der Waals surface area contributed by atoms with Crippen molar-refractivity contribution in [2.75, 3.05) is 0 Å². The minimum atomic E-state index is 0.688. The molecule has 0 unspecified atom stereocenters. The number of fused-ring (bicyclic) bond motifs is 1. The van der Waals surface area contributed by atoms with E-state index in [1.807, 2.05) is 59.1 Å². The van der Waals surface area contributed by atoms with Crippen molar-refractivity contribution in [3.63, 3.8) is 0 Å². The van der Waals surface area contributed by atoms with Crippen LogP contribution in [-0.2, 0) is 0 Å². The highest BCUT2D eigenvalue weighted by atomic mass is 79.9. The van der Waals surface area contributed by atoms with Crippen LogP contribution in [-0.4, -0.2) is 10.7 Å². The predicted molar refractivity (Wildman–Crippen MR) is 75.9 cm³/mol. The average molecular weight is 300 g/mol. The summed E-state index contributed by atoms with van der Waals surface area (Å²) in [7, 11) is 0. The van der Waals surface area contributed by atoms with Crippen molar-refractivity contribution in [3.05, 3.63) is 64.9 Å². The highest BCUT2D eigenvalue weighted by Gasteiger charge is 2.10. The van der Waals surface area contributed by atoms with Gasteiger partial charge in [-0.05, 0) is 35.9 Å². The topological polar surface area (TPSA) is 21.5 Å². The Morgan fingerprint density at radius 3 is 2.56 bits per heavy atom. The van der Waals surface area contributed by atoms with E-state index in [0.717, 1.165) is 27.4 Å². The number of hydrogen-bond donors (Lipinski definition) is 0. The largest absolute Gasteiger partial charge is 0.314 e. The van der Waals surface area contributed by atoms with Crippen LogP contribution < -0.4 is 0 Å². The highest BCUT2D eigenvalue weighted by Crippen LogP contribution is 2.27. The summed E-state index contributed by atoms with van der Waals surface area (Å²) < 4.78 is 2.94. The molecule has 0 aliphatic carbocycles. The van der Waals surface area contributed by atoms with Crippen LogP contribution in [0.25, 0.3) is 16.6 Å². The molecule has 3 heteroatoms. The van der Waals surface area contributed by atoms with E-state index in [1.165, 1.54) is 0 Å². The smallest absolute Gasteiger partial charge is 0.167 e. The quantitative estimate of drug-likeness (QED) is 0.651. The number of pyridine rings is 1. The van der Waals surface area contributed by atoms with Gasteiger partial charge in [0.25, 0.3) is 0 Å². The summed E-state index contributed by atoms with van der Waals surface area (Å²) in [6.45, 7) is 0. The summed E-state index contributed by atoms with van der Waals surface area (Å²) >= 11 is 3.41. The first-order chi connectivity index (χ1) is 8.79. The molecule has 88 valence electrons. The summed E-state index contributed by atoms with van der Waals surface area (Å²) in [5.74, 6) is 0. The normalized spacial score (nSPS) is 10.7. The maximum atomic E-state index is 11.3. The van der Waals surface area contributed by atoms with Crippen LogP contribution in [0.15, 0.2) is 59.2 Å². The van der Waals surface area contributed by atoms with Gasteiger partial charge in [0.2, 0.25) is 0 Å². The third kappa shape index (κ3) is 1.77. The average Bonchev–Trinajstić information content (AvgIpc) is 2.78. The number of hydrogen-bond acceptors (Lipinski definition) is 1. The van der Waals surface area contributed by atoms with Crippen molar-refractivity contribution < 1.29 is 4.79 Å². The fraction of sp³-hybridized carbons (Fsp3) is 0. The molecule has 0 bridgehead atoms. The molecule has 0 saturated carbocycles. The fourth-order valence-electron chi connectivity index (χ4n) is 2.13. The van der Waals surface area contributed by atoms with Gasteiger partial charge < -0.3 is 4.40 Å². The lowest BCUT2D eigenvalue weighted by atomic mass is 10.1. The molecular weight excluding hydrogens is 290 g/mol. The van der Waals surface area contributed by atoms with Crippen molar-refractivity contribution in [1.29, 1.82) is 0 Å². The van der Waals surface area contributed by atoms with Gasteiger partial charge in [-0.3, -0.25) is 4.79 Å². The third-order valence-corrected chi connectivity index (χ3v) is 3.51. The van der Waals surface area contributed by atoms with E-state index in [0.29, 0.717) is 5.69 Å². The first-order valence-corrected chi connectivity index (χ1v) is 6.40. The van der Waals surface area contributed by atoms with E-state index >= 15 is 0 Å². The molecule has 0 N–H and O–H groups in total. The number of halogens is 1. The van der Waals surface area contributed by atoms with Crippen molar-refractivity contribution in [2.45, 2.75) is 0 Å². The zero-order valence-corrected chi connectivity index (χ0v) is 11.1. The van der Waals surface area contributed by atoms with Gasteiger partial charge in [0.05, 0.1) is 5.69 Å². The van der Waals surface area contributed by atoms with Gasteiger partial charge in [-0.2, -0.15) is 0 Å². The standard InChI is InChI=1S/C15H10BrNO/c16-12-6-4-11(5-7-12)14-9-13-3-1-2-8-17(13)15(14)10-18/h1-10H. The van der Waals surface area contributed by atoms with Crippen LogP contribution in [0.5, 0.6) is 0 Å². The predicted octanol–water partition coefficient (Wildman–Crippen LogP) is 4.18. The van der Waals surface area contributed by atoms with E-state index in [2.05, 4.69) is 15.9 Å². The van der Waals surface area contributed by atoms with Crippen molar-refractivity contribution >= 4 is 27.7 Å². The molecular formula is C15H10BrNO. The molecule has 0 saturated heterocycles. The van der Waals surface area contributed by atoms with Crippen LogP contribution in [0.1, 0.15) is 10.5 Å². The number of aromatic nitrogens is 1. The Labute approximate surface area is 113 Å². The first-order valence-electron chi connectivity index (χ1n) is 5.61. The zero-order valence-electron chi connectivity index (χ0n) is 9.51. The lowest BCUT2D eigenvalue weighted by Gasteiger charge is -2.00. The van der Waals surface area contributed by atoms with Gasteiger partial charge in [-0.1, -0.05) is 34.1 Å². The van der Waals surface area contributed by atoms with Gasteiger partial charge >= 0.3 is 0 Å². The molecule has 0 fully saturated rings. The number of rotatable bonds is 2. The van der Waals surface area contributed by atoms with Crippen LogP contribution in [0, 0.1) is 0 Å². The van der Waals surface area contributed by atoms with Crippen LogP contribution in [0.4, 0.5) is 0 Å². The van der Waals surface area contributed by atoms with E-state index in [1.54, 1.807) is 0 Å². The molecule has 3 aromatic rings. The molecule has 3 rings (SSSR count). The molecule has 0 aliphatic heterocycles. The SMILES string of the molecule is O=Cc1c(-c2ccc(Br)cc2)cc2ccccn12. The van der Waals surface area contributed by atoms with Gasteiger partial charge in [0.1, 0.15) is 0 Å². The number of carbonyl (C=O) groups is 1. The Bertz CT molecular complexity index is 713.